The molecule has 0 bridgehead atoms. The molecule has 0 saturated carbocycles. The molecular formula is C14H22N4O2. The summed E-state index contributed by atoms with van der Waals surface area (Å²) in [5.74, 6) is -0.319. The maximum Gasteiger partial charge on any atom is 0.316 e. The molecule has 0 heterocycles. The van der Waals surface area contributed by atoms with Gasteiger partial charge in [-0.3, -0.25) is 4.79 Å². The van der Waals surface area contributed by atoms with Gasteiger partial charge in [-0.2, -0.15) is 0 Å². The van der Waals surface area contributed by atoms with Gasteiger partial charge in [-0.05, 0) is 31.5 Å². The number of nitrogens with two attached hydrogens (primary N) is 2. The molecule has 0 saturated heterocycles. The van der Waals surface area contributed by atoms with Crippen molar-refractivity contribution in [2.75, 3.05) is 5.32 Å². The molecule has 3 unspecified atom stereocenters. The highest BCUT2D eigenvalue weighted by atomic mass is 16.2. The molecule has 6 N–H and O–H groups in total. The molecule has 0 aliphatic carbocycles. The number of anilines is 1. The summed E-state index contributed by atoms with van der Waals surface area (Å²) in [5, 5.41) is 5.39. The first-order valence-electron chi connectivity index (χ1n) is 6.53. The fourth-order valence-electron chi connectivity index (χ4n) is 1.66. The van der Waals surface area contributed by atoms with Crippen LogP contribution in [0.5, 0.6) is 0 Å². The normalized spacial score (nSPS) is 15.0. The van der Waals surface area contributed by atoms with E-state index in [1.54, 1.807) is 26.0 Å². The number of nitrogens with one attached hydrogen (secondary N) is 2. The van der Waals surface area contributed by atoms with E-state index in [2.05, 4.69) is 10.6 Å². The highest BCUT2D eigenvalue weighted by Crippen LogP contribution is 2.16. The fraction of sp³-hybridized carbons (Fsp3) is 0.429. The molecule has 0 radical (unpaired) electrons. The maximum absolute atomic E-state index is 11.9. The molecule has 0 aliphatic rings. The topological polar surface area (TPSA) is 110 Å². The van der Waals surface area contributed by atoms with Crippen LogP contribution in [0, 0.1) is 5.92 Å². The number of hydrogen-bond donors (Lipinski definition) is 4. The zero-order chi connectivity index (χ0) is 15.3. The Morgan fingerprint density at radius 2 is 1.65 bits per heavy atom. The summed E-state index contributed by atoms with van der Waals surface area (Å²) < 4.78 is 0. The van der Waals surface area contributed by atoms with Gasteiger partial charge < -0.3 is 22.1 Å². The lowest BCUT2D eigenvalue weighted by Crippen LogP contribution is -2.39. The zero-order valence-corrected chi connectivity index (χ0v) is 12.0. The molecule has 1 rings (SSSR count). The summed E-state index contributed by atoms with van der Waals surface area (Å²) in [5.41, 5.74) is 12.3. The smallest absolute Gasteiger partial charge is 0.316 e. The quantitative estimate of drug-likeness (QED) is 0.652. The fourth-order valence-corrected chi connectivity index (χ4v) is 1.66. The first-order chi connectivity index (χ1) is 9.31. The summed E-state index contributed by atoms with van der Waals surface area (Å²) in [7, 11) is 0. The second-order valence-electron chi connectivity index (χ2n) is 4.99. The highest BCUT2D eigenvalue weighted by Gasteiger charge is 2.19. The van der Waals surface area contributed by atoms with Crippen LogP contribution in [0.1, 0.15) is 32.4 Å². The summed E-state index contributed by atoms with van der Waals surface area (Å²) in [6.07, 6.45) is 0. The molecule has 6 nitrogen and oxygen atoms in total. The van der Waals surface area contributed by atoms with E-state index in [0.717, 1.165) is 5.56 Å². The van der Waals surface area contributed by atoms with Crippen LogP contribution in [0.3, 0.4) is 0 Å². The Morgan fingerprint density at radius 3 is 2.10 bits per heavy atom. The van der Waals surface area contributed by atoms with Gasteiger partial charge in [0.2, 0.25) is 5.91 Å². The Balaban J connectivity index is 2.66. The van der Waals surface area contributed by atoms with E-state index >= 15 is 0 Å². The Bertz CT molecular complexity index is 471. The third-order valence-corrected chi connectivity index (χ3v) is 3.24. The molecule has 20 heavy (non-hydrogen) atoms. The first kappa shape index (κ1) is 16.0. The molecule has 0 fully saturated rings. The van der Waals surface area contributed by atoms with Crippen LogP contribution >= 0.6 is 0 Å². The van der Waals surface area contributed by atoms with Gasteiger partial charge in [0.15, 0.2) is 0 Å². The van der Waals surface area contributed by atoms with E-state index < -0.39 is 6.03 Å². The third-order valence-electron chi connectivity index (χ3n) is 3.24. The maximum atomic E-state index is 11.9. The van der Waals surface area contributed by atoms with Crippen molar-refractivity contribution in [3.63, 3.8) is 0 Å². The number of urea groups is 1. The summed E-state index contributed by atoms with van der Waals surface area (Å²) in [4.78, 5) is 22.6. The number of benzene rings is 1. The minimum Gasteiger partial charge on any atom is -0.351 e. The molecule has 0 aliphatic heterocycles. The van der Waals surface area contributed by atoms with Crippen molar-refractivity contribution in [2.45, 2.75) is 32.9 Å². The standard InChI is InChI=1S/C14H22N4O2/c1-8(9(2)15)13(19)17-10(3)11-4-6-12(7-5-11)18-14(16)20/h4-10H,15H2,1-3H3,(H,17,19)(H3,16,18,20). The van der Waals surface area contributed by atoms with Crippen LogP contribution in [0.25, 0.3) is 0 Å². The molecule has 1 aromatic rings. The first-order valence-corrected chi connectivity index (χ1v) is 6.53. The Morgan fingerprint density at radius 1 is 1.10 bits per heavy atom. The largest absolute Gasteiger partial charge is 0.351 e. The number of carbonyl (C=O) groups is 2. The molecule has 6 heteroatoms. The Hall–Kier alpha value is -2.08. The van der Waals surface area contributed by atoms with Gasteiger partial charge in [0.1, 0.15) is 0 Å². The zero-order valence-electron chi connectivity index (χ0n) is 12.0. The predicted octanol–water partition coefficient (Wildman–Crippen LogP) is 1.34. The van der Waals surface area contributed by atoms with E-state index in [0.29, 0.717) is 5.69 Å². The van der Waals surface area contributed by atoms with Gasteiger partial charge in [0, 0.05) is 17.6 Å². The van der Waals surface area contributed by atoms with Crippen LogP contribution in [0.15, 0.2) is 24.3 Å². The lowest BCUT2D eigenvalue weighted by atomic mass is 10.0. The van der Waals surface area contributed by atoms with E-state index in [1.165, 1.54) is 0 Å². The van der Waals surface area contributed by atoms with E-state index in [9.17, 15) is 9.59 Å². The monoisotopic (exact) mass is 278 g/mol. The van der Waals surface area contributed by atoms with Crippen LogP contribution in [-0.4, -0.2) is 18.0 Å². The molecule has 3 atom stereocenters. The van der Waals surface area contributed by atoms with E-state index in [-0.39, 0.29) is 23.9 Å². The third kappa shape index (κ3) is 4.55. The number of hydrogen-bond acceptors (Lipinski definition) is 3. The van der Waals surface area contributed by atoms with Crippen LogP contribution in [0.2, 0.25) is 0 Å². The predicted molar refractivity (Wildman–Crippen MR) is 79.0 cm³/mol. The minimum absolute atomic E-state index is 0.0770. The van der Waals surface area contributed by atoms with E-state index in [1.807, 2.05) is 19.1 Å². The van der Waals surface area contributed by atoms with E-state index in [4.69, 9.17) is 11.5 Å². The summed E-state index contributed by atoms with van der Waals surface area (Å²) in [6.45, 7) is 5.49. The number of rotatable bonds is 5. The Labute approximate surface area is 118 Å². The average molecular weight is 278 g/mol. The van der Waals surface area contributed by atoms with Crippen molar-refractivity contribution in [2.24, 2.45) is 17.4 Å². The highest BCUT2D eigenvalue weighted by molar-refractivity contribution is 5.87. The van der Waals surface area contributed by atoms with Gasteiger partial charge in [0.05, 0.1) is 6.04 Å². The van der Waals surface area contributed by atoms with Gasteiger partial charge in [-0.15, -0.1) is 0 Å². The summed E-state index contributed by atoms with van der Waals surface area (Å²) in [6, 6.07) is 6.19. The molecule has 110 valence electrons. The second-order valence-corrected chi connectivity index (χ2v) is 4.99. The Kier molecular flexibility index (Phi) is 5.52. The molecule has 0 aromatic heterocycles. The molecule has 3 amide bonds. The van der Waals surface area contributed by atoms with Crippen molar-refractivity contribution in [1.82, 2.24) is 5.32 Å². The van der Waals surface area contributed by atoms with Crippen molar-refractivity contribution >= 4 is 17.6 Å². The van der Waals surface area contributed by atoms with Crippen molar-refractivity contribution < 1.29 is 9.59 Å². The van der Waals surface area contributed by atoms with Crippen LogP contribution < -0.4 is 22.1 Å². The van der Waals surface area contributed by atoms with Gasteiger partial charge >= 0.3 is 6.03 Å². The van der Waals surface area contributed by atoms with Crippen molar-refractivity contribution in [3.8, 4) is 0 Å². The number of amides is 3. The van der Waals surface area contributed by atoms with Crippen LogP contribution in [0.4, 0.5) is 10.5 Å². The lowest BCUT2D eigenvalue weighted by Gasteiger charge is -2.20. The number of carbonyl (C=O) groups excluding carboxylic acids is 2. The lowest BCUT2D eigenvalue weighted by molar-refractivity contribution is -0.125. The average Bonchev–Trinajstić information content (AvgIpc) is 2.37. The second kappa shape index (κ2) is 6.91. The molecule has 1 aromatic carbocycles. The minimum atomic E-state index is -0.607. The van der Waals surface area contributed by atoms with Crippen molar-refractivity contribution in [1.29, 1.82) is 0 Å². The summed E-state index contributed by atoms with van der Waals surface area (Å²) >= 11 is 0. The van der Waals surface area contributed by atoms with Crippen LogP contribution in [-0.2, 0) is 4.79 Å². The SMILES string of the molecule is CC(NC(=O)C(C)C(C)N)c1ccc(NC(N)=O)cc1. The molecule has 0 spiro atoms. The number of primary amides is 1. The van der Waals surface area contributed by atoms with Crippen molar-refractivity contribution in [3.05, 3.63) is 29.8 Å². The van der Waals surface area contributed by atoms with Gasteiger partial charge in [0.25, 0.3) is 0 Å². The van der Waals surface area contributed by atoms with Gasteiger partial charge in [-0.1, -0.05) is 19.1 Å². The molecular weight excluding hydrogens is 256 g/mol. The van der Waals surface area contributed by atoms with Gasteiger partial charge in [-0.25, -0.2) is 4.79 Å².